The zero-order valence-electron chi connectivity index (χ0n) is 26.1. The Labute approximate surface area is 258 Å². The monoisotopic (exact) mass is 611 g/mol. The highest BCUT2D eigenvalue weighted by molar-refractivity contribution is 5.96. The molecule has 2 N–H and O–H groups in total. The van der Waals surface area contributed by atoms with Gasteiger partial charge in [0.1, 0.15) is 11.5 Å². The fourth-order valence-corrected chi connectivity index (χ4v) is 4.73. The predicted octanol–water partition coefficient (Wildman–Crippen LogP) is 8.00. The summed E-state index contributed by atoms with van der Waals surface area (Å²) >= 11 is 0. The number of hydrogen-bond donors (Lipinski definition) is 1. The highest BCUT2D eigenvalue weighted by Gasteiger charge is 2.30. The van der Waals surface area contributed by atoms with Crippen LogP contribution in [0.3, 0.4) is 0 Å². The Balaban J connectivity index is 0.000000358. The first-order valence-corrected chi connectivity index (χ1v) is 15.0. The van der Waals surface area contributed by atoms with Crippen LogP contribution in [0.25, 0.3) is 12.7 Å². The molecule has 0 amide bonds. The summed E-state index contributed by atoms with van der Waals surface area (Å²) in [6.45, 7) is 10.8. The largest absolute Gasteiger partial charge is 0.465 e. The van der Waals surface area contributed by atoms with E-state index in [-0.39, 0.29) is 11.8 Å². The lowest BCUT2D eigenvalue weighted by atomic mass is 9.95. The van der Waals surface area contributed by atoms with Crippen molar-refractivity contribution in [2.24, 2.45) is 11.7 Å². The van der Waals surface area contributed by atoms with Gasteiger partial charge in [-0.25, -0.2) is 4.79 Å². The summed E-state index contributed by atoms with van der Waals surface area (Å²) in [5.74, 6) is 1.01. The number of carbonyl (C=O) groups excluding carboxylic acids is 2. The molecule has 238 valence electrons. The van der Waals surface area contributed by atoms with Crippen molar-refractivity contribution in [1.29, 1.82) is 0 Å². The second-order valence-electron chi connectivity index (χ2n) is 10.6. The molecule has 0 aromatic heterocycles. The van der Waals surface area contributed by atoms with Gasteiger partial charge in [-0.15, -0.1) is 0 Å². The fourth-order valence-electron chi connectivity index (χ4n) is 4.73. The lowest BCUT2D eigenvalue weighted by Crippen LogP contribution is -2.28. The van der Waals surface area contributed by atoms with Gasteiger partial charge in [-0.1, -0.05) is 45.4 Å². The summed E-state index contributed by atoms with van der Waals surface area (Å²) in [4.78, 5) is 23.8. The molecule has 0 heterocycles. The van der Waals surface area contributed by atoms with Gasteiger partial charge in [0.25, 0.3) is 0 Å². The SMILES string of the molecule is C=c1ccc(C(=O)OC)c(C)/c1=C/CCC.CCCC(CN)CCCC(=O)c1ccc(Oc2ccc(C(F)(F)F)cc2)cc1. The highest BCUT2D eigenvalue weighted by Crippen LogP contribution is 2.31. The number of ether oxygens (including phenoxy) is 2. The quantitative estimate of drug-likeness (QED) is 0.157. The van der Waals surface area contributed by atoms with E-state index in [1.165, 1.54) is 19.2 Å². The Morgan fingerprint density at radius 1 is 0.932 bits per heavy atom. The minimum absolute atomic E-state index is 0.0633. The first-order chi connectivity index (χ1) is 20.9. The molecule has 0 spiro atoms. The Morgan fingerprint density at radius 3 is 2.07 bits per heavy atom. The zero-order valence-corrected chi connectivity index (χ0v) is 26.1. The van der Waals surface area contributed by atoms with Crippen molar-refractivity contribution in [2.45, 2.75) is 71.9 Å². The number of benzene rings is 3. The average molecular weight is 612 g/mol. The number of Topliss-reactive ketones (excluding diaryl/α,β-unsaturated/α-hetero) is 1. The summed E-state index contributed by atoms with van der Waals surface area (Å²) in [5.41, 5.74) is 7.19. The molecule has 0 saturated heterocycles. The second-order valence-corrected chi connectivity index (χ2v) is 10.6. The molecule has 44 heavy (non-hydrogen) atoms. The van der Waals surface area contributed by atoms with Gasteiger partial charge < -0.3 is 15.2 Å². The van der Waals surface area contributed by atoms with Crippen LogP contribution in [-0.4, -0.2) is 25.4 Å². The van der Waals surface area contributed by atoms with E-state index in [1.54, 1.807) is 30.3 Å². The van der Waals surface area contributed by atoms with Crippen LogP contribution in [0.15, 0.2) is 60.7 Å². The molecular weight excluding hydrogens is 567 g/mol. The average Bonchev–Trinajstić information content (AvgIpc) is 3.00. The van der Waals surface area contributed by atoms with Crippen molar-refractivity contribution in [2.75, 3.05) is 13.7 Å². The fraction of sp³-hybridized carbons (Fsp3) is 0.389. The number of rotatable bonds is 13. The molecule has 1 unspecified atom stereocenters. The highest BCUT2D eigenvalue weighted by atomic mass is 19.4. The van der Waals surface area contributed by atoms with Crippen LogP contribution in [0, 0.1) is 12.8 Å². The van der Waals surface area contributed by atoms with E-state index in [2.05, 4.69) is 26.5 Å². The van der Waals surface area contributed by atoms with Crippen LogP contribution in [0.2, 0.25) is 0 Å². The van der Waals surface area contributed by atoms with Crippen molar-refractivity contribution in [3.8, 4) is 11.5 Å². The van der Waals surface area contributed by atoms with Gasteiger partial charge in [-0.2, -0.15) is 13.2 Å². The second kappa shape index (κ2) is 18.0. The van der Waals surface area contributed by atoms with Crippen LogP contribution in [0.1, 0.15) is 90.6 Å². The molecule has 5 nitrogen and oxygen atoms in total. The number of methoxy groups -OCH3 is 1. The van der Waals surface area contributed by atoms with Gasteiger partial charge in [-0.3, -0.25) is 4.79 Å². The topological polar surface area (TPSA) is 78.6 Å². The molecule has 0 saturated carbocycles. The maximum atomic E-state index is 12.6. The van der Waals surface area contributed by atoms with Crippen LogP contribution in [-0.2, 0) is 10.9 Å². The first kappa shape index (κ1) is 36.3. The van der Waals surface area contributed by atoms with Gasteiger partial charge in [0.05, 0.1) is 18.2 Å². The van der Waals surface area contributed by atoms with E-state index in [0.29, 0.717) is 41.5 Å². The van der Waals surface area contributed by atoms with E-state index >= 15 is 0 Å². The van der Waals surface area contributed by atoms with E-state index in [4.69, 9.17) is 15.2 Å². The molecule has 0 aliphatic rings. The smallest absolute Gasteiger partial charge is 0.416 e. The lowest BCUT2D eigenvalue weighted by molar-refractivity contribution is -0.137. The van der Waals surface area contributed by atoms with E-state index in [9.17, 15) is 22.8 Å². The Morgan fingerprint density at radius 2 is 1.55 bits per heavy atom. The van der Waals surface area contributed by atoms with Crippen LogP contribution >= 0.6 is 0 Å². The molecule has 3 rings (SSSR count). The maximum Gasteiger partial charge on any atom is 0.416 e. The number of carbonyl (C=O) groups is 2. The van der Waals surface area contributed by atoms with E-state index < -0.39 is 11.7 Å². The third-order valence-electron chi connectivity index (χ3n) is 7.29. The summed E-state index contributed by atoms with van der Waals surface area (Å²) in [6, 6.07) is 14.8. The molecular formula is C36H44F3NO4. The zero-order chi connectivity index (χ0) is 32.7. The minimum Gasteiger partial charge on any atom is -0.465 e. The van der Waals surface area contributed by atoms with Crippen molar-refractivity contribution in [1.82, 2.24) is 0 Å². The molecule has 0 bridgehead atoms. The first-order valence-electron chi connectivity index (χ1n) is 15.0. The van der Waals surface area contributed by atoms with Crippen LogP contribution in [0.5, 0.6) is 11.5 Å². The minimum atomic E-state index is -4.37. The standard InChI is InChI=1S/C22H26F3NO2.C14H18O2/c1-2-4-16(15-26)5-3-6-21(27)17-7-11-19(12-8-17)28-20-13-9-18(10-14-20)22(23,24)25;1-5-6-7-12-10(2)8-9-13(11(12)3)14(15)16-4/h7-14,16H,2-6,15,26H2,1H3;7-9H,2,5-6H2,1,3-4H3/b;12-7+. The van der Waals surface area contributed by atoms with Crippen molar-refractivity contribution in [3.63, 3.8) is 0 Å². The normalized spacial score (nSPS) is 12.2. The number of nitrogens with two attached hydrogens (primary N) is 1. The molecule has 3 aromatic carbocycles. The Bertz CT molecular complexity index is 1450. The van der Waals surface area contributed by atoms with Crippen molar-refractivity contribution >= 4 is 24.4 Å². The molecule has 0 aliphatic carbocycles. The number of halogens is 3. The van der Waals surface area contributed by atoms with Gasteiger partial charge in [0.2, 0.25) is 0 Å². The molecule has 8 heteroatoms. The third-order valence-corrected chi connectivity index (χ3v) is 7.29. The number of unbranched alkanes of at least 4 members (excludes halogenated alkanes) is 1. The maximum absolute atomic E-state index is 12.6. The van der Waals surface area contributed by atoms with Crippen LogP contribution < -0.4 is 20.9 Å². The molecule has 1 atom stereocenters. The lowest BCUT2D eigenvalue weighted by Gasteiger charge is -2.12. The van der Waals surface area contributed by atoms with Gasteiger partial charge >= 0.3 is 12.1 Å². The molecule has 0 radical (unpaired) electrons. The van der Waals surface area contributed by atoms with Crippen molar-refractivity contribution in [3.05, 3.63) is 93.4 Å². The van der Waals surface area contributed by atoms with Gasteiger partial charge in [0.15, 0.2) is 5.78 Å². The number of ketones is 1. The number of esters is 1. The number of hydrogen-bond acceptors (Lipinski definition) is 5. The Hall–Kier alpha value is -3.91. The molecule has 0 aliphatic heterocycles. The summed E-state index contributed by atoms with van der Waals surface area (Å²) < 4.78 is 48.0. The third kappa shape index (κ3) is 11.3. The van der Waals surface area contributed by atoms with Crippen molar-refractivity contribution < 1.29 is 32.2 Å². The predicted molar refractivity (Wildman–Crippen MR) is 170 cm³/mol. The number of alkyl halides is 3. The Kier molecular flexibility index (Phi) is 14.9. The van der Waals surface area contributed by atoms with E-state index in [0.717, 1.165) is 66.7 Å². The van der Waals surface area contributed by atoms with Crippen LogP contribution in [0.4, 0.5) is 13.2 Å². The molecule has 0 fully saturated rings. The summed E-state index contributed by atoms with van der Waals surface area (Å²) in [6.07, 6.45) is 4.24. The molecule has 3 aromatic rings. The summed E-state index contributed by atoms with van der Waals surface area (Å²) in [7, 11) is 1.40. The van der Waals surface area contributed by atoms with Gasteiger partial charge in [0, 0.05) is 12.0 Å². The van der Waals surface area contributed by atoms with E-state index in [1.807, 2.05) is 13.0 Å². The van der Waals surface area contributed by atoms with Gasteiger partial charge in [-0.05, 0) is 116 Å². The summed E-state index contributed by atoms with van der Waals surface area (Å²) in [5, 5.41) is 2.02.